The van der Waals surface area contributed by atoms with Gasteiger partial charge in [-0.15, -0.1) is 0 Å². The molecule has 102 valence electrons. The normalized spacial score (nSPS) is 21.1. The SMILES string of the molecule is CC(C)N(C)S(=O)(=O)NCC1(N)CCCCC1. The fraction of sp³-hybridized carbons (Fsp3) is 1.00. The van der Waals surface area contributed by atoms with Crippen molar-refractivity contribution >= 4 is 10.2 Å². The van der Waals surface area contributed by atoms with Crippen molar-refractivity contribution in [2.45, 2.75) is 57.5 Å². The van der Waals surface area contributed by atoms with Gasteiger partial charge in [-0.25, -0.2) is 4.72 Å². The van der Waals surface area contributed by atoms with Crippen LogP contribution in [0.1, 0.15) is 46.0 Å². The molecule has 0 aromatic rings. The van der Waals surface area contributed by atoms with E-state index in [-0.39, 0.29) is 11.6 Å². The molecule has 5 nitrogen and oxygen atoms in total. The van der Waals surface area contributed by atoms with Crippen LogP contribution in [-0.4, -0.2) is 37.9 Å². The average molecular weight is 263 g/mol. The van der Waals surface area contributed by atoms with Gasteiger partial charge in [0.05, 0.1) is 0 Å². The molecule has 0 aromatic carbocycles. The number of hydrogen-bond acceptors (Lipinski definition) is 3. The van der Waals surface area contributed by atoms with E-state index >= 15 is 0 Å². The molecular weight excluding hydrogens is 238 g/mol. The van der Waals surface area contributed by atoms with Crippen molar-refractivity contribution in [1.29, 1.82) is 0 Å². The third-order valence-electron chi connectivity index (χ3n) is 3.56. The molecule has 1 aliphatic carbocycles. The van der Waals surface area contributed by atoms with Crippen LogP contribution in [0.5, 0.6) is 0 Å². The molecule has 1 rings (SSSR count). The zero-order valence-corrected chi connectivity index (χ0v) is 11.9. The Morgan fingerprint density at radius 1 is 1.29 bits per heavy atom. The van der Waals surface area contributed by atoms with E-state index in [1.807, 2.05) is 13.8 Å². The van der Waals surface area contributed by atoms with Crippen LogP contribution in [-0.2, 0) is 10.2 Å². The first kappa shape index (κ1) is 14.9. The molecule has 0 unspecified atom stereocenters. The molecule has 6 heteroatoms. The Labute approximate surface area is 105 Å². The van der Waals surface area contributed by atoms with Gasteiger partial charge in [0.15, 0.2) is 0 Å². The molecular formula is C11H25N3O2S. The van der Waals surface area contributed by atoms with Gasteiger partial charge in [-0.05, 0) is 26.7 Å². The minimum Gasteiger partial charge on any atom is -0.324 e. The maximum atomic E-state index is 11.9. The molecule has 0 atom stereocenters. The Balaban J connectivity index is 2.54. The van der Waals surface area contributed by atoms with E-state index in [0.29, 0.717) is 6.54 Å². The van der Waals surface area contributed by atoms with Crippen molar-refractivity contribution < 1.29 is 8.42 Å². The van der Waals surface area contributed by atoms with Gasteiger partial charge in [0.25, 0.3) is 10.2 Å². The molecule has 1 saturated carbocycles. The van der Waals surface area contributed by atoms with E-state index in [2.05, 4.69) is 4.72 Å². The Bertz CT molecular complexity index is 335. The van der Waals surface area contributed by atoms with Crippen LogP contribution in [0.25, 0.3) is 0 Å². The molecule has 3 N–H and O–H groups in total. The molecule has 0 amide bonds. The summed E-state index contributed by atoms with van der Waals surface area (Å²) >= 11 is 0. The minimum absolute atomic E-state index is 0.0485. The van der Waals surface area contributed by atoms with Gasteiger partial charge in [0, 0.05) is 25.2 Å². The molecule has 0 aliphatic heterocycles. The van der Waals surface area contributed by atoms with Crippen LogP contribution in [0, 0.1) is 0 Å². The average Bonchev–Trinajstić information content (AvgIpc) is 2.27. The molecule has 0 spiro atoms. The first-order valence-electron chi connectivity index (χ1n) is 6.28. The van der Waals surface area contributed by atoms with Crippen LogP contribution in [0.15, 0.2) is 0 Å². The standard InChI is InChI=1S/C11H25N3O2S/c1-10(2)14(3)17(15,16)13-9-11(12)7-5-4-6-8-11/h10,13H,4-9,12H2,1-3H3. The van der Waals surface area contributed by atoms with Gasteiger partial charge >= 0.3 is 0 Å². The summed E-state index contributed by atoms with van der Waals surface area (Å²) in [6, 6.07) is -0.0485. The lowest BCUT2D eigenvalue weighted by atomic mass is 9.83. The maximum absolute atomic E-state index is 11.9. The lowest BCUT2D eigenvalue weighted by Gasteiger charge is -2.34. The lowest BCUT2D eigenvalue weighted by molar-refractivity contribution is 0.292. The van der Waals surface area contributed by atoms with Gasteiger partial charge in [-0.2, -0.15) is 12.7 Å². The highest BCUT2D eigenvalue weighted by atomic mass is 32.2. The van der Waals surface area contributed by atoms with Crippen molar-refractivity contribution in [3.63, 3.8) is 0 Å². The molecule has 0 bridgehead atoms. The van der Waals surface area contributed by atoms with E-state index in [9.17, 15) is 8.42 Å². The molecule has 0 aromatic heterocycles. The number of nitrogens with one attached hydrogen (secondary N) is 1. The minimum atomic E-state index is -3.39. The second-order valence-corrected chi connectivity index (χ2v) is 7.17. The first-order chi connectivity index (χ1) is 7.77. The fourth-order valence-corrected chi connectivity index (χ4v) is 3.28. The summed E-state index contributed by atoms with van der Waals surface area (Å²) in [4.78, 5) is 0. The number of hydrogen-bond donors (Lipinski definition) is 2. The summed E-state index contributed by atoms with van der Waals surface area (Å²) < 4.78 is 27.8. The van der Waals surface area contributed by atoms with Crippen LogP contribution < -0.4 is 10.5 Å². The van der Waals surface area contributed by atoms with Crippen LogP contribution >= 0.6 is 0 Å². The van der Waals surface area contributed by atoms with Gasteiger partial charge in [-0.1, -0.05) is 19.3 Å². The van der Waals surface area contributed by atoms with Crippen molar-refractivity contribution in [3.05, 3.63) is 0 Å². The van der Waals surface area contributed by atoms with E-state index in [1.165, 1.54) is 10.7 Å². The summed E-state index contributed by atoms with van der Waals surface area (Å²) in [6.45, 7) is 4.03. The monoisotopic (exact) mass is 263 g/mol. The number of nitrogens with two attached hydrogens (primary N) is 1. The smallest absolute Gasteiger partial charge is 0.279 e. The van der Waals surface area contributed by atoms with E-state index in [4.69, 9.17) is 5.73 Å². The van der Waals surface area contributed by atoms with Gasteiger partial charge < -0.3 is 5.73 Å². The topological polar surface area (TPSA) is 75.4 Å². The van der Waals surface area contributed by atoms with E-state index in [0.717, 1.165) is 25.7 Å². The van der Waals surface area contributed by atoms with E-state index < -0.39 is 10.2 Å². The third kappa shape index (κ3) is 4.21. The highest BCUT2D eigenvalue weighted by Crippen LogP contribution is 2.25. The Morgan fingerprint density at radius 2 is 1.82 bits per heavy atom. The summed E-state index contributed by atoms with van der Waals surface area (Å²) in [6.07, 6.45) is 5.20. The Hall–Kier alpha value is -0.170. The lowest BCUT2D eigenvalue weighted by Crippen LogP contribution is -2.54. The van der Waals surface area contributed by atoms with Crippen molar-refractivity contribution in [2.24, 2.45) is 5.73 Å². The zero-order valence-electron chi connectivity index (χ0n) is 11.1. The highest BCUT2D eigenvalue weighted by Gasteiger charge is 2.30. The quantitative estimate of drug-likeness (QED) is 0.771. The van der Waals surface area contributed by atoms with Gasteiger partial charge in [-0.3, -0.25) is 0 Å². The molecule has 1 aliphatic rings. The van der Waals surface area contributed by atoms with Crippen molar-refractivity contribution in [2.75, 3.05) is 13.6 Å². The largest absolute Gasteiger partial charge is 0.324 e. The predicted molar refractivity (Wildman–Crippen MR) is 69.8 cm³/mol. The summed E-state index contributed by atoms with van der Waals surface area (Å²) in [5.41, 5.74) is 5.84. The van der Waals surface area contributed by atoms with Gasteiger partial charge in [0.2, 0.25) is 0 Å². The van der Waals surface area contributed by atoms with Crippen LogP contribution in [0.3, 0.4) is 0 Å². The number of rotatable bonds is 5. The zero-order chi connectivity index (χ0) is 13.1. The molecule has 1 fully saturated rings. The number of nitrogens with zero attached hydrogens (tertiary/aromatic N) is 1. The Kier molecular flexibility index (Phi) is 4.95. The Morgan fingerprint density at radius 3 is 2.29 bits per heavy atom. The first-order valence-corrected chi connectivity index (χ1v) is 7.72. The van der Waals surface area contributed by atoms with Crippen molar-refractivity contribution in [3.8, 4) is 0 Å². The fourth-order valence-electron chi connectivity index (χ4n) is 2.05. The summed E-state index contributed by atoms with van der Waals surface area (Å²) in [5.74, 6) is 0. The van der Waals surface area contributed by atoms with Gasteiger partial charge in [0.1, 0.15) is 0 Å². The van der Waals surface area contributed by atoms with Crippen molar-refractivity contribution in [1.82, 2.24) is 9.03 Å². The molecule has 0 heterocycles. The summed E-state index contributed by atoms with van der Waals surface area (Å²) in [5, 5.41) is 0. The summed E-state index contributed by atoms with van der Waals surface area (Å²) in [7, 11) is -1.81. The predicted octanol–water partition coefficient (Wildman–Crippen LogP) is 0.823. The second kappa shape index (κ2) is 5.65. The maximum Gasteiger partial charge on any atom is 0.279 e. The highest BCUT2D eigenvalue weighted by molar-refractivity contribution is 7.87. The van der Waals surface area contributed by atoms with E-state index in [1.54, 1.807) is 7.05 Å². The molecule has 17 heavy (non-hydrogen) atoms. The second-order valence-electron chi connectivity index (χ2n) is 5.36. The van der Waals surface area contributed by atoms with Crippen LogP contribution in [0.4, 0.5) is 0 Å². The molecule has 0 radical (unpaired) electrons. The van der Waals surface area contributed by atoms with Crippen LogP contribution in [0.2, 0.25) is 0 Å². The third-order valence-corrected chi connectivity index (χ3v) is 5.25. The molecule has 0 saturated heterocycles.